The minimum atomic E-state index is -4.68. The van der Waals surface area contributed by atoms with Gasteiger partial charge in [-0.05, 0) is 35.4 Å². The van der Waals surface area contributed by atoms with Gasteiger partial charge >= 0.3 is 6.36 Å². The van der Waals surface area contributed by atoms with Gasteiger partial charge in [0.1, 0.15) is 5.75 Å². The molecule has 0 radical (unpaired) electrons. The molecule has 148 valence electrons. The van der Waals surface area contributed by atoms with Gasteiger partial charge in [0, 0.05) is 51.2 Å². The first-order valence-corrected chi connectivity index (χ1v) is 8.83. The van der Waals surface area contributed by atoms with E-state index in [9.17, 15) is 18.0 Å². The molecule has 1 aliphatic rings. The minimum Gasteiger partial charge on any atom is -0.406 e. The van der Waals surface area contributed by atoms with Crippen LogP contribution in [0.4, 0.5) is 13.2 Å². The van der Waals surface area contributed by atoms with Crippen LogP contribution in [0.25, 0.3) is 6.08 Å². The highest BCUT2D eigenvalue weighted by molar-refractivity contribution is 5.91. The summed E-state index contributed by atoms with van der Waals surface area (Å²) in [5, 5.41) is 0. The van der Waals surface area contributed by atoms with Gasteiger partial charge in [-0.25, -0.2) is 0 Å². The van der Waals surface area contributed by atoms with Crippen molar-refractivity contribution < 1.29 is 22.7 Å². The topological polar surface area (TPSA) is 45.7 Å². The molecule has 1 aliphatic heterocycles. The number of carbonyl (C=O) groups excluding carboxylic acids is 1. The van der Waals surface area contributed by atoms with Crippen molar-refractivity contribution >= 4 is 12.0 Å². The summed E-state index contributed by atoms with van der Waals surface area (Å²) in [7, 11) is 0. The number of carbonyl (C=O) groups is 1. The van der Waals surface area contributed by atoms with Crippen LogP contribution in [0.15, 0.2) is 54.9 Å². The molecule has 5 nitrogen and oxygen atoms in total. The van der Waals surface area contributed by atoms with Crippen molar-refractivity contribution in [3.05, 3.63) is 66.0 Å². The summed E-state index contributed by atoms with van der Waals surface area (Å²) in [5.74, 6) is -0.274. The number of aromatic nitrogens is 1. The van der Waals surface area contributed by atoms with E-state index >= 15 is 0 Å². The molecule has 2 heterocycles. The summed E-state index contributed by atoms with van der Waals surface area (Å²) >= 11 is 0. The molecule has 0 spiro atoms. The number of pyridine rings is 1. The zero-order valence-electron chi connectivity index (χ0n) is 15.1. The van der Waals surface area contributed by atoms with E-state index in [-0.39, 0.29) is 11.7 Å². The number of amides is 1. The molecule has 1 aromatic heterocycles. The number of nitrogens with zero attached hydrogens (tertiary/aromatic N) is 3. The first-order valence-electron chi connectivity index (χ1n) is 8.83. The maximum Gasteiger partial charge on any atom is 0.573 e. The molecule has 0 bridgehead atoms. The number of halogens is 3. The third-order valence-electron chi connectivity index (χ3n) is 4.35. The highest BCUT2D eigenvalue weighted by Crippen LogP contribution is 2.23. The Hall–Kier alpha value is -2.87. The van der Waals surface area contributed by atoms with Crippen LogP contribution in [0, 0.1) is 0 Å². The summed E-state index contributed by atoms with van der Waals surface area (Å²) in [6.07, 6.45) is 1.97. The maximum atomic E-state index is 12.3. The summed E-state index contributed by atoms with van der Waals surface area (Å²) < 4.78 is 40.5. The number of hydrogen-bond acceptors (Lipinski definition) is 4. The van der Waals surface area contributed by atoms with Gasteiger partial charge in [0.05, 0.1) is 0 Å². The second-order valence-electron chi connectivity index (χ2n) is 6.41. The van der Waals surface area contributed by atoms with Crippen LogP contribution in [-0.2, 0) is 11.3 Å². The van der Waals surface area contributed by atoms with Crippen LogP contribution in [0.5, 0.6) is 5.75 Å². The number of ether oxygens (including phenoxy) is 1. The van der Waals surface area contributed by atoms with Crippen molar-refractivity contribution in [3.8, 4) is 5.75 Å². The number of benzene rings is 1. The molecule has 0 aliphatic carbocycles. The van der Waals surface area contributed by atoms with E-state index in [0.29, 0.717) is 32.7 Å². The lowest BCUT2D eigenvalue weighted by molar-refractivity contribution is -0.274. The smallest absolute Gasteiger partial charge is 0.406 e. The van der Waals surface area contributed by atoms with Gasteiger partial charge < -0.3 is 9.64 Å². The highest BCUT2D eigenvalue weighted by Gasteiger charge is 2.31. The second-order valence-corrected chi connectivity index (χ2v) is 6.41. The predicted molar refractivity (Wildman–Crippen MR) is 98.3 cm³/mol. The molecule has 8 heteroatoms. The van der Waals surface area contributed by atoms with Crippen LogP contribution in [0.3, 0.4) is 0 Å². The Morgan fingerprint density at radius 2 is 1.82 bits per heavy atom. The van der Waals surface area contributed by atoms with Crippen molar-refractivity contribution in [2.45, 2.75) is 12.9 Å². The Balaban J connectivity index is 1.46. The standard InChI is InChI=1S/C20H20F3N3O2/c21-20(22,23)28-18-6-3-17(4-7-18)15-25-10-12-26(13-11-25)19(27)8-5-16-2-1-9-24-14-16/h1-9,14H,10-13,15H2. The normalized spacial score (nSPS) is 15.8. The van der Waals surface area contributed by atoms with E-state index < -0.39 is 6.36 Å². The van der Waals surface area contributed by atoms with Crippen LogP contribution < -0.4 is 4.74 Å². The average molecular weight is 391 g/mol. The number of piperazine rings is 1. The van der Waals surface area contributed by atoms with Crippen LogP contribution in [0.2, 0.25) is 0 Å². The molecule has 0 N–H and O–H groups in total. The molecule has 0 atom stereocenters. The number of alkyl halides is 3. The predicted octanol–water partition coefficient (Wildman–Crippen LogP) is 3.34. The fourth-order valence-corrected chi connectivity index (χ4v) is 2.93. The van der Waals surface area contributed by atoms with E-state index in [0.717, 1.165) is 11.1 Å². The Morgan fingerprint density at radius 1 is 1.11 bits per heavy atom. The molecular formula is C20H20F3N3O2. The van der Waals surface area contributed by atoms with Gasteiger partial charge in [-0.15, -0.1) is 13.2 Å². The quantitative estimate of drug-likeness (QED) is 0.734. The van der Waals surface area contributed by atoms with E-state index in [1.54, 1.807) is 41.6 Å². The van der Waals surface area contributed by atoms with Gasteiger partial charge in [0.15, 0.2) is 0 Å². The zero-order chi connectivity index (χ0) is 20.0. The van der Waals surface area contributed by atoms with Crippen LogP contribution >= 0.6 is 0 Å². The first kappa shape index (κ1) is 19.9. The molecule has 1 fully saturated rings. The summed E-state index contributed by atoms with van der Waals surface area (Å²) in [4.78, 5) is 20.2. The van der Waals surface area contributed by atoms with Crippen LogP contribution in [0.1, 0.15) is 11.1 Å². The van der Waals surface area contributed by atoms with E-state index in [1.165, 1.54) is 12.1 Å². The Kier molecular flexibility index (Phi) is 6.30. The lowest BCUT2D eigenvalue weighted by atomic mass is 10.2. The van der Waals surface area contributed by atoms with E-state index in [1.807, 2.05) is 12.1 Å². The Bertz CT molecular complexity index is 800. The van der Waals surface area contributed by atoms with Gasteiger partial charge in [-0.3, -0.25) is 14.7 Å². The number of hydrogen-bond donors (Lipinski definition) is 0. The van der Waals surface area contributed by atoms with E-state index in [4.69, 9.17) is 0 Å². The van der Waals surface area contributed by atoms with Crippen molar-refractivity contribution in [1.29, 1.82) is 0 Å². The highest BCUT2D eigenvalue weighted by atomic mass is 19.4. The lowest BCUT2D eigenvalue weighted by Gasteiger charge is -2.34. The first-order chi connectivity index (χ1) is 13.4. The summed E-state index contributed by atoms with van der Waals surface area (Å²) in [6.45, 7) is 3.22. The van der Waals surface area contributed by atoms with Crippen molar-refractivity contribution in [1.82, 2.24) is 14.8 Å². The van der Waals surface area contributed by atoms with Crippen LogP contribution in [-0.4, -0.2) is 53.2 Å². The fraction of sp³-hybridized carbons (Fsp3) is 0.300. The molecule has 0 unspecified atom stereocenters. The Morgan fingerprint density at radius 3 is 2.43 bits per heavy atom. The fourth-order valence-electron chi connectivity index (χ4n) is 2.93. The zero-order valence-corrected chi connectivity index (χ0v) is 15.1. The van der Waals surface area contributed by atoms with Crippen molar-refractivity contribution in [2.24, 2.45) is 0 Å². The van der Waals surface area contributed by atoms with Crippen molar-refractivity contribution in [2.75, 3.05) is 26.2 Å². The molecule has 1 saturated heterocycles. The van der Waals surface area contributed by atoms with Gasteiger partial charge in [0.25, 0.3) is 0 Å². The average Bonchev–Trinajstić information content (AvgIpc) is 2.68. The monoisotopic (exact) mass is 391 g/mol. The van der Waals surface area contributed by atoms with Gasteiger partial charge in [-0.2, -0.15) is 0 Å². The largest absolute Gasteiger partial charge is 0.573 e. The molecule has 3 rings (SSSR count). The molecule has 1 aromatic carbocycles. The molecule has 2 aromatic rings. The Labute approximate surface area is 161 Å². The minimum absolute atomic E-state index is 0.0443. The maximum absolute atomic E-state index is 12.3. The molecule has 0 saturated carbocycles. The molecule has 1 amide bonds. The van der Waals surface area contributed by atoms with Gasteiger partial charge in [-0.1, -0.05) is 18.2 Å². The SMILES string of the molecule is O=C(C=Cc1cccnc1)N1CCN(Cc2ccc(OC(F)(F)F)cc2)CC1. The van der Waals surface area contributed by atoms with Gasteiger partial charge in [0.2, 0.25) is 5.91 Å². The summed E-state index contributed by atoms with van der Waals surface area (Å²) in [5.41, 5.74) is 1.76. The second kappa shape index (κ2) is 8.88. The third-order valence-corrected chi connectivity index (χ3v) is 4.35. The molecular weight excluding hydrogens is 371 g/mol. The van der Waals surface area contributed by atoms with E-state index in [2.05, 4.69) is 14.6 Å². The molecule has 28 heavy (non-hydrogen) atoms. The lowest BCUT2D eigenvalue weighted by Crippen LogP contribution is -2.47. The third kappa shape index (κ3) is 6.09. The van der Waals surface area contributed by atoms with Crippen molar-refractivity contribution in [3.63, 3.8) is 0 Å². The summed E-state index contributed by atoms with van der Waals surface area (Å²) in [6, 6.07) is 9.55. The number of rotatable bonds is 5.